The van der Waals surface area contributed by atoms with Crippen molar-refractivity contribution in [1.29, 1.82) is 0 Å². The van der Waals surface area contributed by atoms with Crippen LogP contribution in [0.3, 0.4) is 0 Å². The Bertz CT molecular complexity index is 820. The Hall–Kier alpha value is -1.37. The van der Waals surface area contributed by atoms with Gasteiger partial charge in [0.2, 0.25) is 0 Å². The van der Waals surface area contributed by atoms with Crippen LogP contribution in [0.1, 0.15) is 0 Å². The number of thiazole rings is 1. The third-order valence-electron chi connectivity index (χ3n) is 2.53. The molecule has 0 N–H and O–H groups in total. The van der Waals surface area contributed by atoms with Gasteiger partial charge in [-0.15, -0.1) is 11.3 Å². The zero-order valence-electron chi connectivity index (χ0n) is 8.95. The van der Waals surface area contributed by atoms with Gasteiger partial charge in [0, 0.05) is 6.20 Å². The van der Waals surface area contributed by atoms with Gasteiger partial charge in [-0.2, -0.15) is 0 Å². The number of fused-ring (bicyclic) bond motifs is 1. The van der Waals surface area contributed by atoms with Crippen molar-refractivity contribution in [2.24, 2.45) is 0 Å². The van der Waals surface area contributed by atoms with Crippen molar-refractivity contribution >= 4 is 43.2 Å². The molecule has 18 heavy (non-hydrogen) atoms. The fourth-order valence-electron chi connectivity index (χ4n) is 1.65. The van der Waals surface area contributed by atoms with Crippen molar-refractivity contribution in [3.8, 4) is 0 Å². The molecule has 0 amide bonds. The highest BCUT2D eigenvalue weighted by atomic mass is 35.5. The van der Waals surface area contributed by atoms with Gasteiger partial charge in [0.15, 0.2) is 0 Å². The van der Waals surface area contributed by atoms with Crippen LogP contribution in [-0.2, 0) is 10.0 Å². The van der Waals surface area contributed by atoms with Crippen LogP contribution in [0.4, 0.5) is 0 Å². The van der Waals surface area contributed by atoms with Gasteiger partial charge < -0.3 is 0 Å². The van der Waals surface area contributed by atoms with E-state index in [1.54, 1.807) is 23.7 Å². The first kappa shape index (κ1) is 11.7. The summed E-state index contributed by atoms with van der Waals surface area (Å²) in [5.41, 5.74) is 2.47. The van der Waals surface area contributed by atoms with E-state index in [1.165, 1.54) is 29.7 Å². The zero-order chi connectivity index (χ0) is 12.8. The molecule has 1 aromatic carbocycles. The van der Waals surface area contributed by atoms with Crippen LogP contribution in [0.15, 0.2) is 46.9 Å². The minimum absolute atomic E-state index is 0.166. The van der Waals surface area contributed by atoms with Gasteiger partial charge in [-0.3, -0.25) is 0 Å². The Morgan fingerprint density at radius 3 is 2.83 bits per heavy atom. The number of hydrogen-bond donors (Lipinski definition) is 0. The SMILES string of the molecule is O=S(=O)(c1ccc2ncsc2c1)n1cccc1Cl. The lowest BCUT2D eigenvalue weighted by molar-refractivity contribution is 0.588. The van der Waals surface area contributed by atoms with Gasteiger partial charge in [0.25, 0.3) is 10.0 Å². The molecule has 2 heterocycles. The summed E-state index contributed by atoms with van der Waals surface area (Å²) in [7, 11) is -3.63. The van der Waals surface area contributed by atoms with Crippen LogP contribution < -0.4 is 0 Å². The minimum atomic E-state index is -3.63. The fraction of sp³-hybridized carbons (Fsp3) is 0. The minimum Gasteiger partial charge on any atom is -0.245 e. The number of hydrogen-bond acceptors (Lipinski definition) is 4. The van der Waals surface area contributed by atoms with Crippen LogP contribution in [0.5, 0.6) is 0 Å². The Morgan fingerprint density at radius 2 is 2.11 bits per heavy atom. The van der Waals surface area contributed by atoms with Crippen LogP contribution in [0.2, 0.25) is 5.15 Å². The van der Waals surface area contributed by atoms with Crippen molar-refractivity contribution < 1.29 is 8.42 Å². The van der Waals surface area contributed by atoms with Crippen LogP contribution in [0.25, 0.3) is 10.2 Å². The molecule has 0 saturated heterocycles. The largest absolute Gasteiger partial charge is 0.268 e. The first-order chi connectivity index (χ1) is 8.59. The maximum atomic E-state index is 12.3. The molecule has 0 unspecified atom stereocenters. The van der Waals surface area contributed by atoms with Gasteiger partial charge in [-0.25, -0.2) is 17.4 Å². The summed E-state index contributed by atoms with van der Waals surface area (Å²) in [4.78, 5) is 4.32. The first-order valence-electron chi connectivity index (χ1n) is 5.01. The predicted molar refractivity (Wildman–Crippen MR) is 71.6 cm³/mol. The van der Waals surface area contributed by atoms with E-state index in [4.69, 9.17) is 11.6 Å². The van der Waals surface area contributed by atoms with Crippen molar-refractivity contribution in [3.05, 3.63) is 47.2 Å². The van der Waals surface area contributed by atoms with Gasteiger partial charge in [0.05, 0.1) is 20.6 Å². The van der Waals surface area contributed by atoms with Gasteiger partial charge in [-0.05, 0) is 30.3 Å². The molecule has 0 aliphatic carbocycles. The summed E-state index contributed by atoms with van der Waals surface area (Å²) < 4.78 is 26.6. The van der Waals surface area contributed by atoms with E-state index in [0.29, 0.717) is 0 Å². The van der Waals surface area contributed by atoms with E-state index in [-0.39, 0.29) is 10.0 Å². The number of halogens is 1. The number of benzene rings is 1. The highest BCUT2D eigenvalue weighted by molar-refractivity contribution is 7.90. The first-order valence-corrected chi connectivity index (χ1v) is 7.70. The average molecular weight is 299 g/mol. The summed E-state index contributed by atoms with van der Waals surface area (Å²) >= 11 is 7.25. The van der Waals surface area contributed by atoms with E-state index in [1.807, 2.05) is 0 Å². The van der Waals surface area contributed by atoms with Gasteiger partial charge >= 0.3 is 0 Å². The molecular formula is C11H7ClN2O2S2. The topological polar surface area (TPSA) is 52.0 Å². The van der Waals surface area contributed by atoms with E-state index in [2.05, 4.69) is 4.98 Å². The summed E-state index contributed by atoms with van der Waals surface area (Å²) in [6.07, 6.45) is 1.43. The zero-order valence-corrected chi connectivity index (χ0v) is 11.3. The van der Waals surface area contributed by atoms with Crippen molar-refractivity contribution in [2.45, 2.75) is 4.90 Å². The van der Waals surface area contributed by atoms with E-state index in [9.17, 15) is 8.42 Å². The molecule has 0 bridgehead atoms. The quantitative estimate of drug-likeness (QED) is 0.731. The van der Waals surface area contributed by atoms with E-state index in [0.717, 1.165) is 14.2 Å². The predicted octanol–water partition coefficient (Wildman–Crippen LogP) is 2.99. The Labute approximate surface area is 113 Å². The Kier molecular flexibility index (Phi) is 2.65. The third kappa shape index (κ3) is 1.73. The number of aromatic nitrogens is 2. The monoisotopic (exact) mass is 298 g/mol. The second kappa shape index (κ2) is 4.08. The molecule has 7 heteroatoms. The summed E-state index contributed by atoms with van der Waals surface area (Å²) in [5, 5.41) is 0.166. The Morgan fingerprint density at radius 1 is 1.28 bits per heavy atom. The van der Waals surface area contributed by atoms with Crippen LogP contribution in [-0.4, -0.2) is 17.4 Å². The molecule has 0 aliphatic heterocycles. The molecule has 0 aliphatic rings. The molecule has 0 saturated carbocycles. The molecule has 0 spiro atoms. The lowest BCUT2D eigenvalue weighted by Gasteiger charge is -2.06. The molecule has 92 valence electrons. The normalized spacial score (nSPS) is 12.1. The molecule has 4 nitrogen and oxygen atoms in total. The highest BCUT2D eigenvalue weighted by Crippen LogP contribution is 2.25. The van der Waals surface area contributed by atoms with Crippen molar-refractivity contribution in [2.75, 3.05) is 0 Å². The maximum Gasteiger partial charge on any atom is 0.268 e. The molecule has 3 rings (SSSR count). The van der Waals surface area contributed by atoms with Crippen molar-refractivity contribution in [3.63, 3.8) is 0 Å². The standard InChI is InChI=1S/C11H7ClN2O2S2/c12-11-2-1-5-14(11)18(15,16)8-3-4-9-10(6-8)17-7-13-9/h1-7H. The van der Waals surface area contributed by atoms with Gasteiger partial charge in [0.1, 0.15) is 5.15 Å². The fourth-order valence-corrected chi connectivity index (χ4v) is 4.10. The number of nitrogens with zero attached hydrogens (tertiary/aromatic N) is 2. The smallest absolute Gasteiger partial charge is 0.245 e. The van der Waals surface area contributed by atoms with Crippen molar-refractivity contribution in [1.82, 2.24) is 8.96 Å². The molecule has 3 aromatic rings. The van der Waals surface area contributed by atoms with E-state index < -0.39 is 10.0 Å². The summed E-state index contributed by atoms with van der Waals surface area (Å²) in [5.74, 6) is 0. The summed E-state index contributed by atoms with van der Waals surface area (Å²) in [6.45, 7) is 0. The Balaban J connectivity index is 2.22. The molecule has 0 fully saturated rings. The summed E-state index contributed by atoms with van der Waals surface area (Å²) in [6, 6.07) is 7.96. The highest BCUT2D eigenvalue weighted by Gasteiger charge is 2.19. The third-order valence-corrected chi connectivity index (χ3v) is 5.41. The maximum absolute atomic E-state index is 12.3. The molecule has 0 radical (unpaired) electrons. The molecule has 0 atom stereocenters. The van der Waals surface area contributed by atoms with Crippen LogP contribution in [0, 0.1) is 0 Å². The number of rotatable bonds is 2. The second-order valence-electron chi connectivity index (χ2n) is 3.61. The molecule has 2 aromatic heterocycles. The second-order valence-corrected chi connectivity index (χ2v) is 6.70. The van der Waals surface area contributed by atoms with E-state index >= 15 is 0 Å². The van der Waals surface area contributed by atoms with Gasteiger partial charge in [-0.1, -0.05) is 11.6 Å². The average Bonchev–Trinajstić information content (AvgIpc) is 2.95. The van der Waals surface area contributed by atoms with Crippen LogP contribution >= 0.6 is 22.9 Å². The molecular weight excluding hydrogens is 292 g/mol. The lowest BCUT2D eigenvalue weighted by atomic mass is 10.3. The lowest BCUT2D eigenvalue weighted by Crippen LogP contribution is -2.11.